The number of aliphatic hydroxyl groups is 1. The molecular weight excluding hydrogens is 260 g/mol. The van der Waals surface area contributed by atoms with E-state index in [-0.39, 0.29) is 5.78 Å². The molecule has 0 bridgehead atoms. The average molecular weight is 280 g/mol. The molecule has 2 rings (SSSR count). The highest BCUT2D eigenvalue weighted by Gasteiger charge is 2.20. The Bertz CT molecular complexity index is 587. The van der Waals surface area contributed by atoms with Crippen molar-refractivity contribution in [1.29, 1.82) is 0 Å². The molecule has 0 amide bonds. The molecule has 0 saturated carbocycles. The summed E-state index contributed by atoms with van der Waals surface area (Å²) in [5.74, 6) is -0.465. The molecule has 2 aromatic carbocycles. The fourth-order valence-corrected chi connectivity index (χ4v) is 2.12. The molecule has 0 aliphatic rings. The summed E-state index contributed by atoms with van der Waals surface area (Å²) in [5.41, 5.74) is 2.02. The fourth-order valence-electron chi connectivity index (χ4n) is 2.12. The van der Waals surface area contributed by atoms with Crippen molar-refractivity contribution in [1.82, 2.24) is 0 Å². The van der Waals surface area contributed by atoms with Crippen LogP contribution in [0.3, 0.4) is 0 Å². The second-order valence-electron chi connectivity index (χ2n) is 5.19. The fraction of sp³-hybridized carbons (Fsp3) is 0.211. The molecule has 0 spiro atoms. The van der Waals surface area contributed by atoms with Gasteiger partial charge in [0.2, 0.25) is 0 Å². The standard InChI is InChI=1S/C19H20O2/c1-15(19(21)14-17-10-6-3-7-11-17)18(20)13-12-16-8-4-2-5-9-16/h2-13,15,19,21H,14H2,1H3/b13-12+/t15-,19-/m0/s1. The van der Waals surface area contributed by atoms with Gasteiger partial charge in [0.05, 0.1) is 6.10 Å². The van der Waals surface area contributed by atoms with E-state index in [1.54, 1.807) is 19.1 Å². The summed E-state index contributed by atoms with van der Waals surface area (Å²) >= 11 is 0. The number of hydrogen-bond donors (Lipinski definition) is 1. The molecular formula is C19H20O2. The van der Waals surface area contributed by atoms with Crippen LogP contribution in [0.25, 0.3) is 6.08 Å². The number of allylic oxidation sites excluding steroid dienone is 1. The van der Waals surface area contributed by atoms with E-state index in [9.17, 15) is 9.90 Å². The van der Waals surface area contributed by atoms with Gasteiger partial charge in [0.15, 0.2) is 5.78 Å². The monoisotopic (exact) mass is 280 g/mol. The third-order valence-corrected chi connectivity index (χ3v) is 3.55. The summed E-state index contributed by atoms with van der Waals surface area (Å²) in [5, 5.41) is 10.2. The number of hydrogen-bond acceptors (Lipinski definition) is 2. The Balaban J connectivity index is 1.94. The van der Waals surface area contributed by atoms with Gasteiger partial charge in [0.1, 0.15) is 0 Å². The number of benzene rings is 2. The largest absolute Gasteiger partial charge is 0.392 e. The van der Waals surface area contributed by atoms with Crippen LogP contribution < -0.4 is 0 Å². The zero-order chi connectivity index (χ0) is 15.1. The van der Waals surface area contributed by atoms with Gasteiger partial charge < -0.3 is 5.11 Å². The van der Waals surface area contributed by atoms with Crippen molar-refractivity contribution < 1.29 is 9.90 Å². The first-order chi connectivity index (χ1) is 10.2. The van der Waals surface area contributed by atoms with E-state index >= 15 is 0 Å². The number of aliphatic hydroxyl groups excluding tert-OH is 1. The predicted octanol–water partition coefficient (Wildman–Crippen LogP) is 3.51. The lowest BCUT2D eigenvalue weighted by molar-refractivity contribution is -0.120. The van der Waals surface area contributed by atoms with Gasteiger partial charge in [-0.3, -0.25) is 4.79 Å². The van der Waals surface area contributed by atoms with Crippen molar-refractivity contribution in [3.8, 4) is 0 Å². The molecule has 0 fully saturated rings. The van der Waals surface area contributed by atoms with E-state index < -0.39 is 12.0 Å². The van der Waals surface area contributed by atoms with Crippen LogP contribution >= 0.6 is 0 Å². The molecule has 0 saturated heterocycles. The van der Waals surface area contributed by atoms with Crippen LogP contribution in [0.15, 0.2) is 66.7 Å². The lowest BCUT2D eigenvalue weighted by Crippen LogP contribution is -2.26. The molecule has 0 heterocycles. The maximum absolute atomic E-state index is 12.1. The molecule has 2 nitrogen and oxygen atoms in total. The van der Waals surface area contributed by atoms with Crippen molar-refractivity contribution in [2.24, 2.45) is 5.92 Å². The summed E-state index contributed by atoms with van der Waals surface area (Å²) in [6.45, 7) is 1.77. The quantitative estimate of drug-likeness (QED) is 0.822. The van der Waals surface area contributed by atoms with E-state index in [0.29, 0.717) is 6.42 Å². The van der Waals surface area contributed by atoms with E-state index in [0.717, 1.165) is 11.1 Å². The van der Waals surface area contributed by atoms with Crippen LogP contribution in [0.5, 0.6) is 0 Å². The van der Waals surface area contributed by atoms with Crippen molar-refractivity contribution in [3.63, 3.8) is 0 Å². The Morgan fingerprint density at radius 2 is 1.62 bits per heavy atom. The molecule has 21 heavy (non-hydrogen) atoms. The first-order valence-electron chi connectivity index (χ1n) is 7.16. The SMILES string of the molecule is C[C@@H](C(=O)/C=C/c1ccccc1)[C@@H](O)Cc1ccccc1. The highest BCUT2D eigenvalue weighted by atomic mass is 16.3. The van der Waals surface area contributed by atoms with Gasteiger partial charge in [-0.05, 0) is 23.6 Å². The molecule has 2 aromatic rings. The van der Waals surface area contributed by atoms with E-state index in [4.69, 9.17) is 0 Å². The maximum Gasteiger partial charge on any atom is 0.161 e. The zero-order valence-electron chi connectivity index (χ0n) is 12.1. The highest BCUT2D eigenvalue weighted by Crippen LogP contribution is 2.13. The second kappa shape index (κ2) is 7.55. The minimum Gasteiger partial charge on any atom is -0.392 e. The third kappa shape index (κ3) is 4.69. The first kappa shape index (κ1) is 15.2. The van der Waals surface area contributed by atoms with Crippen LogP contribution in [0.2, 0.25) is 0 Å². The van der Waals surface area contributed by atoms with Gasteiger partial charge in [-0.2, -0.15) is 0 Å². The number of carbonyl (C=O) groups is 1. The molecule has 0 aliphatic carbocycles. The molecule has 2 heteroatoms. The molecule has 0 radical (unpaired) electrons. The Kier molecular flexibility index (Phi) is 5.47. The number of ketones is 1. The molecule has 108 valence electrons. The van der Waals surface area contributed by atoms with Crippen LogP contribution in [0.4, 0.5) is 0 Å². The van der Waals surface area contributed by atoms with Gasteiger partial charge in [-0.1, -0.05) is 73.7 Å². The number of rotatable bonds is 6. The van der Waals surface area contributed by atoms with Gasteiger partial charge >= 0.3 is 0 Å². The Labute approximate surface area is 125 Å². The Morgan fingerprint density at radius 1 is 1.05 bits per heavy atom. The summed E-state index contributed by atoms with van der Waals surface area (Å²) in [6, 6.07) is 19.4. The van der Waals surface area contributed by atoms with E-state index in [1.165, 1.54) is 0 Å². The molecule has 2 atom stereocenters. The van der Waals surface area contributed by atoms with Crippen molar-refractivity contribution in [2.75, 3.05) is 0 Å². The minimum atomic E-state index is -0.666. The second-order valence-corrected chi connectivity index (χ2v) is 5.19. The van der Waals surface area contributed by atoms with Crippen molar-refractivity contribution in [3.05, 3.63) is 77.9 Å². The normalized spacial score (nSPS) is 14.0. The maximum atomic E-state index is 12.1. The van der Waals surface area contributed by atoms with Crippen molar-refractivity contribution in [2.45, 2.75) is 19.4 Å². The number of carbonyl (C=O) groups excluding carboxylic acids is 1. The molecule has 0 aliphatic heterocycles. The highest BCUT2D eigenvalue weighted by molar-refractivity contribution is 5.95. The van der Waals surface area contributed by atoms with Gasteiger partial charge in [-0.15, -0.1) is 0 Å². The van der Waals surface area contributed by atoms with Crippen LogP contribution in [-0.2, 0) is 11.2 Å². The molecule has 0 unspecified atom stereocenters. The first-order valence-corrected chi connectivity index (χ1v) is 7.16. The third-order valence-electron chi connectivity index (χ3n) is 3.55. The lowest BCUT2D eigenvalue weighted by Gasteiger charge is -2.16. The average Bonchev–Trinajstić information content (AvgIpc) is 2.53. The summed E-state index contributed by atoms with van der Waals surface area (Å²) < 4.78 is 0. The summed E-state index contributed by atoms with van der Waals surface area (Å²) in [4.78, 5) is 12.1. The van der Waals surface area contributed by atoms with Gasteiger partial charge in [0, 0.05) is 5.92 Å². The van der Waals surface area contributed by atoms with E-state index in [2.05, 4.69) is 0 Å². The van der Waals surface area contributed by atoms with Crippen LogP contribution in [0.1, 0.15) is 18.1 Å². The summed E-state index contributed by atoms with van der Waals surface area (Å²) in [6.07, 6.45) is 3.16. The van der Waals surface area contributed by atoms with Crippen LogP contribution in [-0.4, -0.2) is 17.0 Å². The molecule has 1 N–H and O–H groups in total. The zero-order valence-corrected chi connectivity index (χ0v) is 12.1. The topological polar surface area (TPSA) is 37.3 Å². The van der Waals surface area contributed by atoms with Gasteiger partial charge in [0.25, 0.3) is 0 Å². The Morgan fingerprint density at radius 3 is 2.24 bits per heavy atom. The molecule has 0 aromatic heterocycles. The van der Waals surface area contributed by atoms with Crippen LogP contribution in [0, 0.1) is 5.92 Å². The smallest absolute Gasteiger partial charge is 0.161 e. The van der Waals surface area contributed by atoms with Gasteiger partial charge in [-0.25, -0.2) is 0 Å². The minimum absolute atomic E-state index is 0.0534. The summed E-state index contributed by atoms with van der Waals surface area (Å²) in [7, 11) is 0. The van der Waals surface area contributed by atoms with E-state index in [1.807, 2.05) is 60.7 Å². The predicted molar refractivity (Wildman–Crippen MR) is 85.8 cm³/mol. The lowest BCUT2D eigenvalue weighted by atomic mass is 9.93. The Hall–Kier alpha value is -2.19. The van der Waals surface area contributed by atoms with Crippen molar-refractivity contribution >= 4 is 11.9 Å².